The van der Waals surface area contributed by atoms with E-state index in [2.05, 4.69) is 5.10 Å². The van der Waals surface area contributed by atoms with Gasteiger partial charge < -0.3 is 14.6 Å². The maximum atomic E-state index is 11.1. The van der Waals surface area contributed by atoms with Crippen molar-refractivity contribution in [1.82, 2.24) is 9.78 Å². The third kappa shape index (κ3) is 2.46. The third-order valence-corrected chi connectivity index (χ3v) is 3.04. The molecule has 2 aromatic heterocycles. The summed E-state index contributed by atoms with van der Waals surface area (Å²) in [6.07, 6.45) is 1.79. The smallest absolute Gasteiger partial charge is 0.339 e. The number of aromatic carboxylic acids is 1. The summed E-state index contributed by atoms with van der Waals surface area (Å²) in [6.45, 7) is 5.93. The van der Waals surface area contributed by atoms with E-state index in [1.54, 1.807) is 17.9 Å². The van der Waals surface area contributed by atoms with E-state index in [0.717, 1.165) is 0 Å². The second-order valence-electron chi connectivity index (χ2n) is 5.76. The molecular weight excluding hydrogens is 260 g/mol. The Hall–Kier alpha value is -2.08. The van der Waals surface area contributed by atoms with E-state index in [-0.39, 0.29) is 16.7 Å². The Morgan fingerprint density at radius 3 is 2.65 bits per heavy atom. The number of rotatable bonds is 3. The lowest BCUT2D eigenvalue weighted by Gasteiger charge is -2.19. The van der Waals surface area contributed by atoms with E-state index in [4.69, 9.17) is 9.52 Å². The molecule has 1 atom stereocenters. The molecule has 0 aromatic carbocycles. The Labute approximate surface area is 116 Å². The van der Waals surface area contributed by atoms with Gasteiger partial charge in [0.05, 0.1) is 12.0 Å². The van der Waals surface area contributed by atoms with Gasteiger partial charge in [-0.25, -0.2) is 4.79 Å². The van der Waals surface area contributed by atoms with Crippen LogP contribution in [0.25, 0.3) is 0 Å². The van der Waals surface area contributed by atoms with Crippen LogP contribution in [0.15, 0.2) is 22.9 Å². The summed E-state index contributed by atoms with van der Waals surface area (Å²) in [5, 5.41) is 23.9. The summed E-state index contributed by atoms with van der Waals surface area (Å²) in [5.74, 6) is -1.11. The molecule has 0 saturated carbocycles. The number of aryl methyl sites for hydroxylation is 1. The van der Waals surface area contributed by atoms with Gasteiger partial charge in [0.1, 0.15) is 11.7 Å². The minimum Gasteiger partial charge on any atom is -0.478 e. The van der Waals surface area contributed by atoms with Crippen molar-refractivity contribution >= 4 is 5.97 Å². The SMILES string of the molecule is Cn1cc(C(O)c2occc2C(=O)O)c(C(C)(C)C)n1. The van der Waals surface area contributed by atoms with E-state index in [0.29, 0.717) is 11.3 Å². The van der Waals surface area contributed by atoms with Crippen molar-refractivity contribution in [3.05, 3.63) is 41.1 Å². The van der Waals surface area contributed by atoms with Gasteiger partial charge in [0.15, 0.2) is 5.76 Å². The highest BCUT2D eigenvalue weighted by atomic mass is 16.4. The predicted molar refractivity (Wildman–Crippen MR) is 71.6 cm³/mol. The van der Waals surface area contributed by atoms with Crippen LogP contribution >= 0.6 is 0 Å². The largest absolute Gasteiger partial charge is 0.478 e. The van der Waals surface area contributed by atoms with Crippen LogP contribution in [0.3, 0.4) is 0 Å². The van der Waals surface area contributed by atoms with Gasteiger partial charge in [-0.05, 0) is 6.07 Å². The Morgan fingerprint density at radius 1 is 1.45 bits per heavy atom. The first-order valence-corrected chi connectivity index (χ1v) is 6.24. The summed E-state index contributed by atoms with van der Waals surface area (Å²) < 4.78 is 6.75. The fourth-order valence-electron chi connectivity index (χ4n) is 2.14. The zero-order chi connectivity index (χ0) is 15.1. The molecule has 0 bridgehead atoms. The molecular formula is C14H18N2O4. The Morgan fingerprint density at radius 2 is 2.10 bits per heavy atom. The normalized spacial score (nSPS) is 13.4. The Balaban J connectivity index is 2.51. The van der Waals surface area contributed by atoms with Crippen molar-refractivity contribution in [3.63, 3.8) is 0 Å². The molecule has 0 aliphatic heterocycles. The van der Waals surface area contributed by atoms with Crippen LogP contribution in [0.4, 0.5) is 0 Å². The molecule has 0 aliphatic rings. The number of aliphatic hydroxyl groups excluding tert-OH is 1. The van der Waals surface area contributed by atoms with Gasteiger partial charge in [-0.3, -0.25) is 4.68 Å². The van der Waals surface area contributed by atoms with Crippen LogP contribution in [0.5, 0.6) is 0 Å². The quantitative estimate of drug-likeness (QED) is 0.897. The standard InChI is InChI=1S/C14H18N2O4/c1-14(2,3)12-9(7-16(4)15-12)10(17)11-8(13(18)19)5-6-20-11/h5-7,10,17H,1-4H3,(H,18,19). The van der Waals surface area contributed by atoms with Gasteiger partial charge in [-0.2, -0.15) is 5.10 Å². The fraction of sp³-hybridized carbons (Fsp3) is 0.429. The third-order valence-electron chi connectivity index (χ3n) is 3.04. The first kappa shape index (κ1) is 14.3. The van der Waals surface area contributed by atoms with Crippen LogP contribution in [0.1, 0.15) is 54.3 Å². The number of nitrogens with zero attached hydrogens (tertiary/aromatic N) is 2. The van der Waals surface area contributed by atoms with Crippen molar-refractivity contribution in [2.75, 3.05) is 0 Å². The molecule has 2 rings (SSSR count). The molecule has 0 fully saturated rings. The second-order valence-corrected chi connectivity index (χ2v) is 5.76. The van der Waals surface area contributed by atoms with Crippen LogP contribution in [0, 0.1) is 0 Å². The van der Waals surface area contributed by atoms with Crippen LogP contribution in [-0.4, -0.2) is 26.0 Å². The molecule has 108 valence electrons. The van der Waals surface area contributed by atoms with Crippen LogP contribution in [-0.2, 0) is 12.5 Å². The van der Waals surface area contributed by atoms with E-state index < -0.39 is 12.1 Å². The molecule has 6 heteroatoms. The maximum absolute atomic E-state index is 11.1. The molecule has 6 nitrogen and oxygen atoms in total. The Kier molecular flexibility index (Phi) is 3.43. The van der Waals surface area contributed by atoms with Gasteiger partial charge in [-0.15, -0.1) is 0 Å². The predicted octanol–water partition coefficient (Wildman–Crippen LogP) is 2.09. The molecule has 0 radical (unpaired) electrons. The number of aromatic nitrogens is 2. The number of aliphatic hydroxyl groups is 1. The van der Waals surface area contributed by atoms with Crippen LogP contribution < -0.4 is 0 Å². The highest BCUT2D eigenvalue weighted by Crippen LogP contribution is 2.33. The molecule has 2 aromatic rings. The summed E-state index contributed by atoms with van der Waals surface area (Å²) in [4.78, 5) is 11.1. The van der Waals surface area contributed by atoms with Crippen molar-refractivity contribution in [2.45, 2.75) is 32.3 Å². The molecule has 2 heterocycles. The number of carboxylic acids is 1. The highest BCUT2D eigenvalue weighted by Gasteiger charge is 2.30. The minimum absolute atomic E-state index is 0.0241. The van der Waals surface area contributed by atoms with E-state index in [1.807, 2.05) is 20.8 Å². The number of carboxylic acid groups (broad SMARTS) is 1. The first-order chi connectivity index (χ1) is 9.21. The van der Waals surface area contributed by atoms with Crippen molar-refractivity contribution < 1.29 is 19.4 Å². The van der Waals surface area contributed by atoms with Gasteiger partial charge in [0.25, 0.3) is 0 Å². The average Bonchev–Trinajstić information content (AvgIpc) is 2.92. The zero-order valence-corrected chi connectivity index (χ0v) is 11.9. The van der Waals surface area contributed by atoms with Gasteiger partial charge in [0, 0.05) is 24.2 Å². The molecule has 0 saturated heterocycles. The highest BCUT2D eigenvalue weighted by molar-refractivity contribution is 5.88. The van der Waals surface area contributed by atoms with Gasteiger partial charge in [0.2, 0.25) is 0 Å². The van der Waals surface area contributed by atoms with E-state index in [1.165, 1.54) is 12.3 Å². The Bertz CT molecular complexity index is 634. The number of hydrogen-bond donors (Lipinski definition) is 2. The lowest BCUT2D eigenvalue weighted by Crippen LogP contribution is -2.17. The summed E-state index contributed by atoms with van der Waals surface area (Å²) >= 11 is 0. The lowest BCUT2D eigenvalue weighted by molar-refractivity contribution is 0.0687. The average molecular weight is 278 g/mol. The minimum atomic E-state index is -1.15. The summed E-state index contributed by atoms with van der Waals surface area (Å²) in [5.41, 5.74) is 0.951. The zero-order valence-electron chi connectivity index (χ0n) is 11.9. The molecule has 2 N–H and O–H groups in total. The van der Waals surface area contributed by atoms with Gasteiger partial charge in [-0.1, -0.05) is 20.8 Å². The molecule has 0 aliphatic carbocycles. The van der Waals surface area contributed by atoms with E-state index in [9.17, 15) is 9.90 Å². The number of furan rings is 1. The number of carbonyl (C=O) groups is 1. The monoisotopic (exact) mass is 278 g/mol. The molecule has 0 spiro atoms. The molecule has 20 heavy (non-hydrogen) atoms. The molecule has 0 amide bonds. The first-order valence-electron chi connectivity index (χ1n) is 6.24. The van der Waals surface area contributed by atoms with Crippen LogP contribution in [0.2, 0.25) is 0 Å². The van der Waals surface area contributed by atoms with Gasteiger partial charge >= 0.3 is 5.97 Å². The van der Waals surface area contributed by atoms with Crippen molar-refractivity contribution in [3.8, 4) is 0 Å². The van der Waals surface area contributed by atoms with E-state index >= 15 is 0 Å². The number of hydrogen-bond acceptors (Lipinski definition) is 4. The summed E-state index contributed by atoms with van der Waals surface area (Å²) in [6, 6.07) is 1.33. The van der Waals surface area contributed by atoms with Crippen molar-refractivity contribution in [1.29, 1.82) is 0 Å². The topological polar surface area (TPSA) is 88.5 Å². The molecule has 1 unspecified atom stereocenters. The maximum Gasteiger partial charge on any atom is 0.339 e. The fourth-order valence-corrected chi connectivity index (χ4v) is 2.14. The van der Waals surface area contributed by atoms with Crippen molar-refractivity contribution in [2.24, 2.45) is 7.05 Å². The lowest BCUT2D eigenvalue weighted by atomic mass is 9.87. The summed E-state index contributed by atoms with van der Waals surface area (Å²) in [7, 11) is 1.76. The second kappa shape index (κ2) is 4.79.